The molecular weight excluding hydrogens is 168 g/mol. The first kappa shape index (κ1) is 9.95. The van der Waals surface area contributed by atoms with Crippen LogP contribution in [0, 0.1) is 16.2 Å². The van der Waals surface area contributed by atoms with Crippen molar-refractivity contribution in [2.45, 2.75) is 20.8 Å². The number of hydrogen-bond acceptors (Lipinski definition) is 4. The van der Waals surface area contributed by atoms with Gasteiger partial charge in [0.2, 0.25) is 5.96 Å². The van der Waals surface area contributed by atoms with E-state index in [1.165, 1.54) is 0 Å². The van der Waals surface area contributed by atoms with E-state index in [0.717, 1.165) is 13.1 Å². The summed E-state index contributed by atoms with van der Waals surface area (Å²) in [6.45, 7) is 8.14. The SMILES string of the molecule is CC(C)(C)C1CN=C(NN=O)NC1. The number of aliphatic imine (C=N–C) groups is 1. The summed E-state index contributed by atoms with van der Waals surface area (Å²) >= 11 is 0. The highest BCUT2D eigenvalue weighted by molar-refractivity contribution is 5.79. The molecule has 1 aliphatic rings. The van der Waals surface area contributed by atoms with Crippen molar-refractivity contribution in [3.8, 4) is 0 Å². The second-order valence-electron chi connectivity index (χ2n) is 4.34. The van der Waals surface area contributed by atoms with Gasteiger partial charge in [0.1, 0.15) is 0 Å². The lowest BCUT2D eigenvalue weighted by Crippen LogP contribution is -2.45. The monoisotopic (exact) mass is 184 g/mol. The summed E-state index contributed by atoms with van der Waals surface area (Å²) in [5, 5.41) is 5.58. The fraction of sp³-hybridized carbons (Fsp3) is 0.875. The zero-order chi connectivity index (χ0) is 9.90. The van der Waals surface area contributed by atoms with E-state index in [4.69, 9.17) is 0 Å². The molecule has 1 unspecified atom stereocenters. The van der Waals surface area contributed by atoms with Gasteiger partial charge in [-0.1, -0.05) is 20.8 Å². The Hall–Kier alpha value is -1.13. The highest BCUT2D eigenvalue weighted by Gasteiger charge is 2.26. The van der Waals surface area contributed by atoms with Crippen molar-refractivity contribution in [2.24, 2.45) is 21.6 Å². The summed E-state index contributed by atoms with van der Waals surface area (Å²) < 4.78 is 0. The van der Waals surface area contributed by atoms with E-state index in [2.05, 4.69) is 41.8 Å². The molecule has 1 aliphatic heterocycles. The Balaban J connectivity index is 2.51. The molecule has 0 saturated heterocycles. The molecule has 0 amide bonds. The molecule has 13 heavy (non-hydrogen) atoms. The third kappa shape index (κ3) is 2.68. The summed E-state index contributed by atoms with van der Waals surface area (Å²) in [6, 6.07) is 0. The first-order valence-corrected chi connectivity index (χ1v) is 4.40. The van der Waals surface area contributed by atoms with Crippen LogP contribution < -0.4 is 10.7 Å². The van der Waals surface area contributed by atoms with Gasteiger partial charge in [-0.05, 0) is 5.41 Å². The van der Waals surface area contributed by atoms with Crippen LogP contribution in [0.1, 0.15) is 20.8 Å². The van der Waals surface area contributed by atoms with E-state index >= 15 is 0 Å². The summed E-state index contributed by atoms with van der Waals surface area (Å²) in [6.07, 6.45) is 0. The Morgan fingerprint density at radius 3 is 2.69 bits per heavy atom. The molecule has 0 saturated carbocycles. The molecule has 74 valence electrons. The molecule has 5 heteroatoms. The Morgan fingerprint density at radius 1 is 1.62 bits per heavy atom. The molecule has 0 aromatic carbocycles. The Labute approximate surface area is 77.9 Å². The summed E-state index contributed by atoms with van der Waals surface area (Å²) in [5.74, 6) is 0.986. The zero-order valence-corrected chi connectivity index (χ0v) is 8.29. The van der Waals surface area contributed by atoms with Crippen LogP contribution in [-0.4, -0.2) is 19.0 Å². The molecule has 5 nitrogen and oxygen atoms in total. The van der Waals surface area contributed by atoms with Crippen LogP contribution in [0.4, 0.5) is 0 Å². The summed E-state index contributed by atoms with van der Waals surface area (Å²) in [5.41, 5.74) is 2.51. The first-order valence-electron chi connectivity index (χ1n) is 4.40. The molecule has 1 heterocycles. The second kappa shape index (κ2) is 3.72. The second-order valence-corrected chi connectivity index (χ2v) is 4.34. The molecule has 0 aliphatic carbocycles. The Morgan fingerprint density at radius 2 is 2.31 bits per heavy atom. The maximum Gasteiger partial charge on any atom is 0.214 e. The zero-order valence-electron chi connectivity index (χ0n) is 8.29. The molecule has 0 aromatic heterocycles. The van der Waals surface area contributed by atoms with Crippen molar-refractivity contribution >= 4 is 5.96 Å². The van der Waals surface area contributed by atoms with Gasteiger partial charge in [0.15, 0.2) is 0 Å². The summed E-state index contributed by atoms with van der Waals surface area (Å²) in [4.78, 5) is 14.0. The van der Waals surface area contributed by atoms with Gasteiger partial charge >= 0.3 is 0 Å². The Kier molecular flexibility index (Phi) is 2.85. The molecule has 1 atom stereocenters. The predicted octanol–water partition coefficient (Wildman–Crippen LogP) is 0.879. The molecular formula is C8H16N4O. The van der Waals surface area contributed by atoms with Gasteiger partial charge in [-0.15, -0.1) is 4.91 Å². The van der Waals surface area contributed by atoms with Crippen molar-refractivity contribution < 1.29 is 0 Å². The van der Waals surface area contributed by atoms with Crippen molar-refractivity contribution in [3.63, 3.8) is 0 Å². The lowest BCUT2D eigenvalue weighted by Gasteiger charge is -2.32. The van der Waals surface area contributed by atoms with E-state index in [-0.39, 0.29) is 5.41 Å². The Bertz CT molecular complexity index is 219. The van der Waals surface area contributed by atoms with E-state index in [9.17, 15) is 4.91 Å². The molecule has 0 bridgehead atoms. The number of nitroso groups, excluding NO2 is 1. The normalized spacial score (nSPS) is 23.0. The smallest absolute Gasteiger partial charge is 0.214 e. The highest BCUT2D eigenvalue weighted by Crippen LogP contribution is 2.26. The van der Waals surface area contributed by atoms with Crippen LogP contribution in [0.25, 0.3) is 0 Å². The van der Waals surface area contributed by atoms with Gasteiger partial charge in [0.25, 0.3) is 0 Å². The minimum atomic E-state index is 0.247. The van der Waals surface area contributed by atoms with E-state index in [0.29, 0.717) is 11.9 Å². The van der Waals surface area contributed by atoms with Crippen LogP contribution >= 0.6 is 0 Å². The number of nitrogens with one attached hydrogen (secondary N) is 2. The quantitative estimate of drug-likeness (QED) is 0.469. The van der Waals surface area contributed by atoms with Crippen molar-refractivity contribution in [1.29, 1.82) is 0 Å². The van der Waals surface area contributed by atoms with Gasteiger partial charge in [-0.3, -0.25) is 4.99 Å². The first-order chi connectivity index (χ1) is 6.04. The fourth-order valence-electron chi connectivity index (χ4n) is 1.24. The number of guanidine groups is 1. The van der Waals surface area contributed by atoms with Gasteiger partial charge in [-0.25, -0.2) is 5.43 Å². The van der Waals surface area contributed by atoms with Crippen LogP contribution in [0.3, 0.4) is 0 Å². The van der Waals surface area contributed by atoms with Crippen LogP contribution in [-0.2, 0) is 0 Å². The topological polar surface area (TPSA) is 65.8 Å². The van der Waals surface area contributed by atoms with Crippen LogP contribution in [0.5, 0.6) is 0 Å². The van der Waals surface area contributed by atoms with Crippen LogP contribution in [0.2, 0.25) is 0 Å². The summed E-state index contributed by atoms with van der Waals surface area (Å²) in [7, 11) is 0. The maximum absolute atomic E-state index is 9.87. The van der Waals surface area contributed by atoms with Crippen molar-refractivity contribution in [3.05, 3.63) is 4.91 Å². The van der Waals surface area contributed by atoms with Crippen LogP contribution in [0.15, 0.2) is 10.3 Å². The minimum Gasteiger partial charge on any atom is -0.355 e. The average molecular weight is 184 g/mol. The van der Waals surface area contributed by atoms with Gasteiger partial charge in [0, 0.05) is 19.0 Å². The minimum absolute atomic E-state index is 0.247. The average Bonchev–Trinajstić information content (AvgIpc) is 2.04. The third-order valence-corrected chi connectivity index (χ3v) is 2.36. The van der Waals surface area contributed by atoms with Gasteiger partial charge < -0.3 is 5.32 Å². The number of rotatable bonds is 1. The van der Waals surface area contributed by atoms with E-state index < -0.39 is 0 Å². The molecule has 0 radical (unpaired) electrons. The lowest BCUT2D eigenvalue weighted by atomic mass is 9.80. The molecule has 1 rings (SSSR count). The predicted molar refractivity (Wildman–Crippen MR) is 52.2 cm³/mol. The van der Waals surface area contributed by atoms with Gasteiger partial charge in [0.05, 0.1) is 5.29 Å². The molecule has 0 spiro atoms. The lowest BCUT2D eigenvalue weighted by molar-refractivity contribution is 0.241. The maximum atomic E-state index is 9.87. The third-order valence-electron chi connectivity index (χ3n) is 2.36. The standard InChI is InChI=1S/C8H16N4O/c1-8(2,3)6-4-9-7(10-5-6)11-12-13/h6H,4-5H2,1-3H3,(H2,9,10,11,13). The van der Waals surface area contributed by atoms with E-state index in [1.54, 1.807) is 0 Å². The van der Waals surface area contributed by atoms with Crippen molar-refractivity contribution in [2.75, 3.05) is 13.1 Å². The molecule has 2 N–H and O–H groups in total. The molecule has 0 aromatic rings. The van der Waals surface area contributed by atoms with Crippen molar-refractivity contribution in [1.82, 2.24) is 10.7 Å². The largest absolute Gasteiger partial charge is 0.355 e. The number of nitrogens with zero attached hydrogens (tertiary/aromatic N) is 2. The molecule has 0 fully saturated rings. The number of hydrogen-bond donors (Lipinski definition) is 2. The highest BCUT2D eigenvalue weighted by atomic mass is 16.3. The fourth-order valence-corrected chi connectivity index (χ4v) is 1.24. The van der Waals surface area contributed by atoms with E-state index in [1.807, 2.05) is 0 Å². The van der Waals surface area contributed by atoms with Gasteiger partial charge in [-0.2, -0.15) is 0 Å².